The van der Waals surface area contributed by atoms with Gasteiger partial charge in [0, 0.05) is 5.56 Å². The first kappa shape index (κ1) is 16.8. The molecule has 0 radical (unpaired) electrons. The van der Waals surface area contributed by atoms with Crippen LogP contribution in [0, 0.1) is 11.2 Å². The Morgan fingerprint density at radius 1 is 1.38 bits per heavy atom. The van der Waals surface area contributed by atoms with E-state index < -0.39 is 0 Å². The van der Waals surface area contributed by atoms with E-state index in [1.54, 1.807) is 0 Å². The lowest BCUT2D eigenvalue weighted by Crippen LogP contribution is -2.35. The van der Waals surface area contributed by atoms with Crippen LogP contribution in [0.1, 0.15) is 17.3 Å². The van der Waals surface area contributed by atoms with Crippen LogP contribution in [0.4, 0.5) is 4.39 Å². The van der Waals surface area contributed by atoms with Crippen molar-refractivity contribution in [3.8, 4) is 0 Å². The van der Waals surface area contributed by atoms with Gasteiger partial charge < -0.3 is 5.73 Å². The Bertz CT molecular complexity index is 342. The number of carbonyl (C=O) groups is 1. The van der Waals surface area contributed by atoms with Gasteiger partial charge in [-0.25, -0.2) is 10.2 Å². The zero-order valence-corrected chi connectivity index (χ0v) is 9.48. The quantitative estimate of drug-likeness (QED) is 0.194. The van der Waals surface area contributed by atoms with Crippen molar-refractivity contribution in [1.29, 1.82) is 5.41 Å². The second kappa shape index (κ2) is 8.63. The molecule has 1 aromatic rings. The number of hydrogen-bond donors (Lipinski definition) is 4. The van der Waals surface area contributed by atoms with Gasteiger partial charge in [-0.3, -0.25) is 15.6 Å². The second-order valence-corrected chi connectivity index (χ2v) is 2.62. The molecule has 5 nitrogen and oxygen atoms in total. The van der Waals surface area contributed by atoms with E-state index >= 15 is 0 Å². The predicted molar refractivity (Wildman–Crippen MR) is 62.9 cm³/mol. The summed E-state index contributed by atoms with van der Waals surface area (Å²) >= 11 is 0. The van der Waals surface area contributed by atoms with Gasteiger partial charge in [0.2, 0.25) is 0 Å². The predicted octanol–water partition coefficient (Wildman–Crippen LogP) is 0.793. The molecule has 0 unspecified atom stereocenters. The van der Waals surface area contributed by atoms with Crippen molar-refractivity contribution < 1.29 is 9.18 Å². The summed E-state index contributed by atoms with van der Waals surface area (Å²) in [5.41, 5.74) is 7.07. The summed E-state index contributed by atoms with van der Waals surface area (Å²) in [6.07, 6.45) is 0. The fraction of sp³-hybridized carbons (Fsp3) is 0.111. The molecular formula is C9H14ClFN4O. The molecule has 0 atom stereocenters. The largest absolute Gasteiger partial charge is 0.369 e. The van der Waals surface area contributed by atoms with Crippen LogP contribution in [0.5, 0.6) is 0 Å². The summed E-state index contributed by atoms with van der Waals surface area (Å²) in [7, 11) is 0. The molecular weight excluding hydrogens is 235 g/mol. The van der Waals surface area contributed by atoms with E-state index in [0.717, 1.165) is 0 Å². The molecule has 7 heteroatoms. The van der Waals surface area contributed by atoms with Crippen molar-refractivity contribution in [2.45, 2.75) is 6.92 Å². The Kier molecular flexibility index (Phi) is 9.04. The summed E-state index contributed by atoms with van der Waals surface area (Å²) in [6, 6.07) is 5.49. The molecule has 0 heterocycles. The Hall–Kier alpha value is -1.66. The minimum atomic E-state index is -0.315. The Morgan fingerprint density at radius 3 is 2.00 bits per heavy atom. The standard InChI is InChI=1S/C8H7FO.CH6N4.ClH/c1-6(10)7-2-4-8(9)5-3-7;2-1(3)5-4;/h2-5H,1H3;4H2,(H4,2,3,5);1H. The fourth-order valence-corrected chi connectivity index (χ4v) is 0.685. The highest BCUT2D eigenvalue weighted by Crippen LogP contribution is 2.02. The highest BCUT2D eigenvalue weighted by atomic mass is 35.5. The molecule has 0 spiro atoms. The highest BCUT2D eigenvalue weighted by molar-refractivity contribution is 5.93. The number of nitrogens with two attached hydrogens (primary N) is 2. The number of hydrogen-bond acceptors (Lipinski definition) is 3. The minimum Gasteiger partial charge on any atom is -0.369 e. The van der Waals surface area contributed by atoms with Crippen molar-refractivity contribution >= 4 is 24.1 Å². The molecule has 0 bridgehead atoms. The number of ketones is 1. The van der Waals surface area contributed by atoms with E-state index in [0.29, 0.717) is 5.56 Å². The lowest BCUT2D eigenvalue weighted by molar-refractivity contribution is 0.101. The fourth-order valence-electron chi connectivity index (χ4n) is 0.685. The molecule has 0 saturated heterocycles. The van der Waals surface area contributed by atoms with E-state index in [2.05, 4.69) is 11.6 Å². The molecule has 6 N–H and O–H groups in total. The summed E-state index contributed by atoms with van der Waals surface area (Å²) in [4.78, 5) is 10.6. The summed E-state index contributed by atoms with van der Waals surface area (Å²) in [5.74, 6) is 4.00. The molecule has 0 fully saturated rings. The van der Waals surface area contributed by atoms with Gasteiger partial charge in [-0.1, -0.05) is 0 Å². The van der Waals surface area contributed by atoms with Gasteiger partial charge in [0.15, 0.2) is 11.7 Å². The zero-order valence-electron chi connectivity index (χ0n) is 8.66. The monoisotopic (exact) mass is 248 g/mol. The van der Waals surface area contributed by atoms with Crippen LogP contribution in [0.15, 0.2) is 24.3 Å². The Labute approximate surface area is 98.9 Å². The smallest absolute Gasteiger partial charge is 0.200 e. The molecule has 0 aromatic heterocycles. The van der Waals surface area contributed by atoms with E-state index in [9.17, 15) is 9.18 Å². The number of nitrogens with one attached hydrogen (secondary N) is 2. The number of hydrazine groups is 1. The third kappa shape index (κ3) is 7.72. The van der Waals surface area contributed by atoms with Crippen LogP contribution in [-0.4, -0.2) is 11.7 Å². The number of halogens is 2. The molecule has 0 saturated carbocycles. The van der Waals surface area contributed by atoms with Gasteiger partial charge in [0.05, 0.1) is 0 Å². The molecule has 0 aliphatic carbocycles. The molecule has 0 aliphatic rings. The highest BCUT2D eigenvalue weighted by Gasteiger charge is 1.96. The van der Waals surface area contributed by atoms with Crippen LogP contribution >= 0.6 is 12.4 Å². The first-order valence-corrected chi connectivity index (χ1v) is 4.04. The van der Waals surface area contributed by atoms with Crippen molar-refractivity contribution in [3.05, 3.63) is 35.6 Å². The number of carbonyl (C=O) groups excluding carboxylic acids is 1. The van der Waals surface area contributed by atoms with Gasteiger partial charge in [0.25, 0.3) is 0 Å². The minimum absolute atomic E-state index is 0. The zero-order chi connectivity index (χ0) is 11.8. The first-order chi connectivity index (χ1) is 6.97. The summed E-state index contributed by atoms with van der Waals surface area (Å²) in [5, 5.41) is 6.28. The Balaban J connectivity index is 0. The van der Waals surface area contributed by atoms with Crippen molar-refractivity contribution in [1.82, 2.24) is 5.43 Å². The van der Waals surface area contributed by atoms with E-state index in [-0.39, 0.29) is 30.0 Å². The van der Waals surface area contributed by atoms with Crippen LogP contribution in [0.25, 0.3) is 0 Å². The maximum absolute atomic E-state index is 12.2. The van der Waals surface area contributed by atoms with E-state index in [1.807, 2.05) is 5.43 Å². The SMILES string of the molecule is CC(=O)c1ccc(F)cc1.Cl.N=C(N)NN. The molecule has 1 rings (SSSR count). The van der Waals surface area contributed by atoms with Gasteiger partial charge in [-0.2, -0.15) is 0 Å². The average Bonchev–Trinajstić information content (AvgIpc) is 2.19. The lowest BCUT2D eigenvalue weighted by atomic mass is 10.1. The first-order valence-electron chi connectivity index (χ1n) is 4.04. The van der Waals surface area contributed by atoms with Crippen LogP contribution < -0.4 is 17.0 Å². The van der Waals surface area contributed by atoms with Gasteiger partial charge in [-0.15, -0.1) is 12.4 Å². The van der Waals surface area contributed by atoms with E-state index in [1.165, 1.54) is 31.2 Å². The summed E-state index contributed by atoms with van der Waals surface area (Å²) < 4.78 is 12.2. The van der Waals surface area contributed by atoms with Gasteiger partial charge in [-0.05, 0) is 31.2 Å². The van der Waals surface area contributed by atoms with Crippen LogP contribution in [0.2, 0.25) is 0 Å². The second-order valence-electron chi connectivity index (χ2n) is 2.62. The summed E-state index contributed by atoms with van der Waals surface area (Å²) in [6.45, 7) is 1.45. The van der Waals surface area contributed by atoms with E-state index in [4.69, 9.17) is 5.41 Å². The number of benzene rings is 1. The third-order valence-corrected chi connectivity index (χ3v) is 1.41. The third-order valence-electron chi connectivity index (χ3n) is 1.41. The number of Topliss-reactive ketones (excluding diaryl/α,β-unsaturated/α-hetero) is 1. The van der Waals surface area contributed by atoms with Gasteiger partial charge in [0.1, 0.15) is 5.82 Å². The van der Waals surface area contributed by atoms with Crippen LogP contribution in [0.3, 0.4) is 0 Å². The normalized spacial score (nSPS) is 7.94. The van der Waals surface area contributed by atoms with Gasteiger partial charge >= 0.3 is 0 Å². The van der Waals surface area contributed by atoms with Crippen molar-refractivity contribution in [2.75, 3.05) is 0 Å². The molecule has 90 valence electrons. The lowest BCUT2D eigenvalue weighted by Gasteiger charge is -1.91. The Morgan fingerprint density at radius 2 is 1.75 bits per heavy atom. The van der Waals surface area contributed by atoms with Crippen molar-refractivity contribution in [3.63, 3.8) is 0 Å². The molecule has 16 heavy (non-hydrogen) atoms. The van der Waals surface area contributed by atoms with Crippen molar-refractivity contribution in [2.24, 2.45) is 11.6 Å². The number of rotatable bonds is 1. The molecule has 0 amide bonds. The maximum Gasteiger partial charge on any atom is 0.200 e. The molecule has 1 aromatic carbocycles. The molecule has 0 aliphatic heterocycles. The van der Waals surface area contributed by atoms with Crippen LogP contribution in [-0.2, 0) is 0 Å². The number of guanidine groups is 1. The maximum atomic E-state index is 12.2. The average molecular weight is 249 g/mol. The topological polar surface area (TPSA) is 105 Å².